The third-order valence-corrected chi connectivity index (χ3v) is 8.07. The van der Waals surface area contributed by atoms with Crippen LogP contribution in [0.4, 0.5) is 0 Å². The van der Waals surface area contributed by atoms with Crippen LogP contribution >= 0.6 is 0 Å². The lowest BCUT2D eigenvalue weighted by molar-refractivity contribution is -0.133. The smallest absolute Gasteiger partial charge is 0.241 e. The van der Waals surface area contributed by atoms with E-state index in [4.69, 9.17) is 5.73 Å². The fourth-order valence-electron chi connectivity index (χ4n) is 1.90. The van der Waals surface area contributed by atoms with E-state index in [9.17, 15) is 14.4 Å². The number of hydrogen-bond donors (Lipinski definition) is 4. The third kappa shape index (κ3) is 4.57. The minimum Gasteiger partial charge on any atom is -0.432 e. The second-order valence-electron chi connectivity index (χ2n) is 6.91. The summed E-state index contributed by atoms with van der Waals surface area (Å²) in [5, 5.41) is -0.241. The standard InChI is InChI=1S/C13H27N3O3Si/c1-13(2,20(3,4)19)6-5-11(17)15-16-12(18)9-7-10(14)8-9/h9-10,19H,5-8,14H2,1-4H3,(H,15,17)(H,16,18). The molecule has 0 heterocycles. The van der Waals surface area contributed by atoms with Crippen LogP contribution in [-0.4, -0.2) is 31.0 Å². The molecule has 0 aromatic carbocycles. The van der Waals surface area contributed by atoms with Crippen LogP contribution in [0.15, 0.2) is 0 Å². The summed E-state index contributed by atoms with van der Waals surface area (Å²) in [7, 11) is -2.30. The molecular weight excluding hydrogens is 274 g/mol. The molecule has 0 aromatic heterocycles. The van der Waals surface area contributed by atoms with Gasteiger partial charge in [-0.15, -0.1) is 0 Å². The molecule has 1 rings (SSSR count). The van der Waals surface area contributed by atoms with Gasteiger partial charge in [0.15, 0.2) is 8.32 Å². The van der Waals surface area contributed by atoms with Crippen LogP contribution in [0.25, 0.3) is 0 Å². The summed E-state index contributed by atoms with van der Waals surface area (Å²) in [6, 6.07) is 0.110. The van der Waals surface area contributed by atoms with Crippen molar-refractivity contribution in [2.75, 3.05) is 0 Å². The van der Waals surface area contributed by atoms with Gasteiger partial charge in [0.1, 0.15) is 0 Å². The second-order valence-corrected chi connectivity index (χ2v) is 11.4. The van der Waals surface area contributed by atoms with Crippen molar-refractivity contribution in [3.63, 3.8) is 0 Å². The van der Waals surface area contributed by atoms with Crippen molar-refractivity contribution >= 4 is 20.1 Å². The highest BCUT2D eigenvalue weighted by molar-refractivity contribution is 6.72. The average molecular weight is 301 g/mol. The van der Waals surface area contributed by atoms with Crippen LogP contribution in [0.2, 0.25) is 18.1 Å². The molecule has 0 saturated heterocycles. The van der Waals surface area contributed by atoms with E-state index in [1.165, 1.54) is 0 Å². The summed E-state index contributed by atoms with van der Waals surface area (Å²) in [6.07, 6.45) is 2.24. The summed E-state index contributed by atoms with van der Waals surface area (Å²) in [5.41, 5.74) is 10.5. The molecule has 6 nitrogen and oxygen atoms in total. The highest BCUT2D eigenvalue weighted by Crippen LogP contribution is 2.39. The van der Waals surface area contributed by atoms with Crippen LogP contribution in [0, 0.1) is 5.92 Å². The first-order valence-electron chi connectivity index (χ1n) is 7.09. The van der Waals surface area contributed by atoms with Gasteiger partial charge in [-0.1, -0.05) is 13.8 Å². The van der Waals surface area contributed by atoms with E-state index < -0.39 is 8.32 Å². The van der Waals surface area contributed by atoms with Crippen LogP contribution in [0.1, 0.15) is 39.5 Å². The number of nitrogens with two attached hydrogens (primary N) is 1. The molecule has 0 spiro atoms. The van der Waals surface area contributed by atoms with Gasteiger partial charge in [-0.25, -0.2) is 0 Å². The van der Waals surface area contributed by atoms with Gasteiger partial charge in [0, 0.05) is 18.4 Å². The Bertz CT molecular complexity index is 374. The highest BCUT2D eigenvalue weighted by atomic mass is 28.4. The molecule has 0 radical (unpaired) electrons. The molecule has 5 N–H and O–H groups in total. The van der Waals surface area contributed by atoms with Gasteiger partial charge in [-0.3, -0.25) is 20.4 Å². The minimum absolute atomic E-state index is 0.0782. The van der Waals surface area contributed by atoms with Crippen molar-refractivity contribution in [1.82, 2.24) is 10.9 Å². The Morgan fingerprint density at radius 2 is 1.85 bits per heavy atom. The Morgan fingerprint density at radius 3 is 2.30 bits per heavy atom. The molecular formula is C13H27N3O3Si. The van der Waals surface area contributed by atoms with E-state index in [1.807, 2.05) is 26.9 Å². The Kier molecular flexibility index (Phi) is 5.34. The van der Waals surface area contributed by atoms with Crippen LogP contribution in [-0.2, 0) is 9.59 Å². The largest absolute Gasteiger partial charge is 0.432 e. The molecule has 1 fully saturated rings. The molecule has 2 amide bonds. The lowest BCUT2D eigenvalue weighted by atomic mass is 9.80. The van der Waals surface area contributed by atoms with E-state index in [0.717, 1.165) is 0 Å². The fourth-order valence-corrected chi connectivity index (χ4v) is 2.64. The molecule has 116 valence electrons. The maximum Gasteiger partial charge on any atom is 0.241 e. The van der Waals surface area contributed by atoms with Crippen LogP contribution in [0.3, 0.4) is 0 Å². The van der Waals surface area contributed by atoms with Crippen molar-refractivity contribution in [2.45, 2.75) is 63.7 Å². The number of hydrogen-bond acceptors (Lipinski definition) is 4. The molecule has 1 aliphatic rings. The van der Waals surface area contributed by atoms with Crippen LogP contribution < -0.4 is 16.6 Å². The topological polar surface area (TPSA) is 104 Å². The van der Waals surface area contributed by atoms with Crippen molar-refractivity contribution < 1.29 is 14.4 Å². The Morgan fingerprint density at radius 1 is 1.30 bits per heavy atom. The molecule has 1 saturated carbocycles. The lowest BCUT2D eigenvalue weighted by Crippen LogP contribution is -2.50. The van der Waals surface area contributed by atoms with Crippen molar-refractivity contribution in [1.29, 1.82) is 0 Å². The van der Waals surface area contributed by atoms with Gasteiger partial charge in [-0.2, -0.15) is 0 Å². The number of carbonyl (C=O) groups is 2. The van der Waals surface area contributed by atoms with Crippen molar-refractivity contribution in [2.24, 2.45) is 11.7 Å². The first-order chi connectivity index (χ1) is 9.03. The fraction of sp³-hybridized carbons (Fsp3) is 0.846. The molecule has 20 heavy (non-hydrogen) atoms. The van der Waals surface area contributed by atoms with Gasteiger partial charge >= 0.3 is 0 Å². The van der Waals surface area contributed by atoms with Crippen molar-refractivity contribution in [3.05, 3.63) is 0 Å². The zero-order chi connectivity index (χ0) is 15.6. The number of nitrogens with one attached hydrogen (secondary N) is 2. The number of hydrazine groups is 1. The molecule has 0 bridgehead atoms. The summed E-state index contributed by atoms with van der Waals surface area (Å²) >= 11 is 0. The molecule has 0 aliphatic heterocycles. The molecule has 0 unspecified atom stereocenters. The summed E-state index contributed by atoms with van der Waals surface area (Å²) in [6.45, 7) is 7.68. The summed E-state index contributed by atoms with van der Waals surface area (Å²) in [4.78, 5) is 33.5. The molecule has 0 aromatic rings. The Hall–Kier alpha value is -0.923. The van der Waals surface area contributed by atoms with E-state index in [0.29, 0.717) is 19.3 Å². The predicted molar refractivity (Wildman–Crippen MR) is 80.0 cm³/mol. The maximum atomic E-state index is 11.7. The lowest BCUT2D eigenvalue weighted by Gasteiger charge is -2.35. The zero-order valence-corrected chi connectivity index (χ0v) is 13.8. The number of amides is 2. The van der Waals surface area contributed by atoms with E-state index in [1.54, 1.807) is 0 Å². The third-order valence-electron chi connectivity index (χ3n) is 4.50. The van der Waals surface area contributed by atoms with E-state index >= 15 is 0 Å². The van der Waals surface area contributed by atoms with E-state index in [-0.39, 0.29) is 35.2 Å². The first-order valence-corrected chi connectivity index (χ1v) is 10.0. The molecule has 0 atom stereocenters. The van der Waals surface area contributed by atoms with Gasteiger partial charge < -0.3 is 10.5 Å². The molecule has 1 aliphatic carbocycles. The quantitative estimate of drug-likeness (QED) is 0.441. The van der Waals surface area contributed by atoms with Gasteiger partial charge in [0.25, 0.3) is 0 Å². The first kappa shape index (κ1) is 17.1. The van der Waals surface area contributed by atoms with E-state index in [2.05, 4.69) is 10.9 Å². The monoisotopic (exact) mass is 301 g/mol. The average Bonchev–Trinajstić information content (AvgIpc) is 2.28. The van der Waals surface area contributed by atoms with Crippen molar-refractivity contribution in [3.8, 4) is 0 Å². The minimum atomic E-state index is -2.30. The van der Waals surface area contributed by atoms with Crippen LogP contribution in [0.5, 0.6) is 0 Å². The second kappa shape index (κ2) is 6.24. The van der Waals surface area contributed by atoms with Gasteiger partial charge in [0.2, 0.25) is 11.8 Å². The Labute approximate surface area is 121 Å². The zero-order valence-electron chi connectivity index (χ0n) is 12.8. The SMILES string of the molecule is CC(C)(CCC(=O)NNC(=O)C1CC(N)C1)[Si](C)(C)O. The number of carbonyl (C=O) groups excluding carboxylic acids is 2. The highest BCUT2D eigenvalue weighted by Gasteiger charge is 2.38. The number of rotatable bonds is 5. The molecule has 7 heteroatoms. The maximum absolute atomic E-state index is 11.7. The summed E-state index contributed by atoms with van der Waals surface area (Å²) < 4.78 is 0. The summed E-state index contributed by atoms with van der Waals surface area (Å²) in [5.74, 6) is -0.477. The Balaban J connectivity index is 2.26. The normalized spacial score (nSPS) is 22.9. The predicted octanol–water partition coefficient (Wildman–Crippen LogP) is 0.629. The van der Waals surface area contributed by atoms with Gasteiger partial charge in [-0.05, 0) is 37.4 Å². The van der Waals surface area contributed by atoms with Gasteiger partial charge in [0.05, 0.1) is 0 Å².